The van der Waals surface area contributed by atoms with Gasteiger partial charge in [0.15, 0.2) is 4.80 Å². The summed E-state index contributed by atoms with van der Waals surface area (Å²) in [6.45, 7) is 7.27. The SMILES string of the molecule is CCNC(=O)NCCCn1c(-c2ccc(N3CCOCC3)cc2)cs/c1=N/c1nccs1. The minimum atomic E-state index is -0.130. The number of ether oxygens (including phenoxy) is 1. The number of carbonyl (C=O) groups is 1. The molecule has 8 nitrogen and oxygen atoms in total. The monoisotopic (exact) mass is 472 g/mol. The van der Waals surface area contributed by atoms with E-state index in [9.17, 15) is 4.79 Å². The summed E-state index contributed by atoms with van der Waals surface area (Å²) in [5.41, 5.74) is 3.49. The molecule has 0 unspecified atom stereocenters. The lowest BCUT2D eigenvalue weighted by atomic mass is 10.1. The fourth-order valence-corrected chi connectivity index (χ4v) is 5.04. The predicted octanol–water partition coefficient (Wildman–Crippen LogP) is 3.45. The van der Waals surface area contributed by atoms with Crippen LogP contribution < -0.4 is 20.3 Å². The molecule has 1 aliphatic rings. The van der Waals surface area contributed by atoms with E-state index in [4.69, 9.17) is 9.73 Å². The van der Waals surface area contributed by atoms with E-state index in [1.54, 1.807) is 17.5 Å². The zero-order valence-corrected chi connectivity index (χ0v) is 19.8. The Balaban J connectivity index is 1.54. The van der Waals surface area contributed by atoms with Crippen LogP contribution in [0.25, 0.3) is 11.3 Å². The molecule has 1 saturated heterocycles. The number of hydrogen-bond donors (Lipinski definition) is 2. The van der Waals surface area contributed by atoms with Gasteiger partial charge in [-0.15, -0.1) is 22.7 Å². The molecule has 1 aliphatic heterocycles. The molecule has 2 amide bonds. The molecule has 0 saturated carbocycles. The number of morpholine rings is 1. The molecule has 10 heteroatoms. The summed E-state index contributed by atoms with van der Waals surface area (Å²) in [7, 11) is 0. The van der Waals surface area contributed by atoms with E-state index in [2.05, 4.69) is 54.7 Å². The number of urea groups is 1. The van der Waals surface area contributed by atoms with Crippen molar-refractivity contribution in [1.82, 2.24) is 20.2 Å². The summed E-state index contributed by atoms with van der Waals surface area (Å²) in [5, 5.41) is 10.5. The number of aromatic nitrogens is 2. The maximum atomic E-state index is 11.7. The summed E-state index contributed by atoms with van der Waals surface area (Å²) >= 11 is 3.13. The summed E-state index contributed by atoms with van der Waals surface area (Å²) in [5.74, 6) is 0. The number of nitrogens with zero attached hydrogens (tertiary/aromatic N) is 4. The van der Waals surface area contributed by atoms with E-state index in [0.717, 1.165) is 60.5 Å². The second-order valence-corrected chi connectivity index (χ2v) is 8.98. The average molecular weight is 473 g/mol. The molecule has 2 aromatic heterocycles. The van der Waals surface area contributed by atoms with Gasteiger partial charge in [-0.25, -0.2) is 9.78 Å². The van der Waals surface area contributed by atoms with Crippen molar-refractivity contribution >= 4 is 39.5 Å². The van der Waals surface area contributed by atoms with Crippen LogP contribution in [-0.4, -0.2) is 55.0 Å². The molecule has 4 rings (SSSR count). The zero-order chi connectivity index (χ0) is 22.2. The van der Waals surface area contributed by atoms with Crippen LogP contribution in [0.4, 0.5) is 15.6 Å². The van der Waals surface area contributed by atoms with Crippen molar-refractivity contribution in [3.63, 3.8) is 0 Å². The van der Waals surface area contributed by atoms with Gasteiger partial charge in [-0.3, -0.25) is 0 Å². The lowest BCUT2D eigenvalue weighted by Crippen LogP contribution is -2.36. The van der Waals surface area contributed by atoms with Crippen molar-refractivity contribution in [3.05, 3.63) is 46.0 Å². The van der Waals surface area contributed by atoms with Gasteiger partial charge < -0.3 is 24.8 Å². The Bertz CT molecular complexity index is 1050. The minimum absolute atomic E-state index is 0.130. The van der Waals surface area contributed by atoms with Gasteiger partial charge in [0.05, 0.1) is 18.9 Å². The molecule has 3 heterocycles. The quantitative estimate of drug-likeness (QED) is 0.492. The molecule has 170 valence electrons. The Morgan fingerprint density at radius 1 is 1.19 bits per heavy atom. The van der Waals surface area contributed by atoms with Crippen LogP contribution in [0.2, 0.25) is 0 Å². The number of anilines is 1. The number of carbonyl (C=O) groups excluding carboxylic acids is 1. The lowest BCUT2D eigenvalue weighted by Gasteiger charge is -2.28. The van der Waals surface area contributed by atoms with E-state index in [1.807, 2.05) is 12.3 Å². The van der Waals surface area contributed by atoms with E-state index >= 15 is 0 Å². The summed E-state index contributed by atoms with van der Waals surface area (Å²) in [6.07, 6.45) is 2.57. The highest BCUT2D eigenvalue weighted by atomic mass is 32.1. The highest BCUT2D eigenvalue weighted by Crippen LogP contribution is 2.25. The van der Waals surface area contributed by atoms with Crippen LogP contribution in [0.1, 0.15) is 13.3 Å². The van der Waals surface area contributed by atoms with Crippen molar-refractivity contribution in [1.29, 1.82) is 0 Å². The van der Waals surface area contributed by atoms with Gasteiger partial charge in [0.1, 0.15) is 0 Å². The molecule has 0 atom stereocenters. The molecule has 1 aromatic carbocycles. The number of rotatable bonds is 8. The Morgan fingerprint density at radius 2 is 2.00 bits per heavy atom. The molecule has 0 radical (unpaired) electrons. The van der Waals surface area contributed by atoms with Crippen LogP contribution in [-0.2, 0) is 11.3 Å². The van der Waals surface area contributed by atoms with Crippen LogP contribution in [0.3, 0.4) is 0 Å². The van der Waals surface area contributed by atoms with Gasteiger partial charge in [0.2, 0.25) is 5.13 Å². The number of amides is 2. The van der Waals surface area contributed by atoms with Crippen LogP contribution in [0.15, 0.2) is 46.2 Å². The van der Waals surface area contributed by atoms with Gasteiger partial charge in [0.25, 0.3) is 0 Å². The minimum Gasteiger partial charge on any atom is -0.378 e. The van der Waals surface area contributed by atoms with Gasteiger partial charge in [0, 0.05) is 55.4 Å². The summed E-state index contributed by atoms with van der Waals surface area (Å²) < 4.78 is 7.68. The molecular weight excluding hydrogens is 444 g/mol. The molecule has 0 spiro atoms. The van der Waals surface area contributed by atoms with Crippen LogP contribution in [0, 0.1) is 0 Å². The largest absolute Gasteiger partial charge is 0.378 e. The second kappa shape index (κ2) is 11.3. The van der Waals surface area contributed by atoms with Gasteiger partial charge in [-0.2, -0.15) is 4.99 Å². The first-order valence-corrected chi connectivity index (χ1v) is 12.6. The zero-order valence-electron chi connectivity index (χ0n) is 18.1. The number of benzene rings is 1. The third-order valence-electron chi connectivity index (χ3n) is 5.13. The highest BCUT2D eigenvalue weighted by molar-refractivity contribution is 7.13. The van der Waals surface area contributed by atoms with Crippen LogP contribution in [0.5, 0.6) is 0 Å². The Morgan fingerprint density at radius 3 is 2.72 bits per heavy atom. The summed E-state index contributed by atoms with van der Waals surface area (Å²) in [4.78, 5) is 24.0. The van der Waals surface area contributed by atoms with Crippen molar-refractivity contribution in [2.24, 2.45) is 4.99 Å². The van der Waals surface area contributed by atoms with Gasteiger partial charge in [-0.1, -0.05) is 12.1 Å². The maximum absolute atomic E-state index is 11.7. The fourth-order valence-electron chi connectivity index (χ4n) is 3.55. The van der Waals surface area contributed by atoms with E-state index < -0.39 is 0 Å². The Kier molecular flexibility index (Phi) is 7.92. The van der Waals surface area contributed by atoms with E-state index in [0.29, 0.717) is 13.1 Å². The normalized spacial score (nSPS) is 14.5. The predicted molar refractivity (Wildman–Crippen MR) is 130 cm³/mol. The van der Waals surface area contributed by atoms with Crippen molar-refractivity contribution in [2.75, 3.05) is 44.3 Å². The van der Waals surface area contributed by atoms with Gasteiger partial charge >= 0.3 is 6.03 Å². The van der Waals surface area contributed by atoms with Crippen LogP contribution >= 0.6 is 22.7 Å². The third kappa shape index (κ3) is 5.76. The van der Waals surface area contributed by atoms with E-state index in [1.165, 1.54) is 17.0 Å². The molecule has 1 fully saturated rings. The molecule has 0 bridgehead atoms. The molecule has 0 aliphatic carbocycles. The van der Waals surface area contributed by atoms with Crippen molar-refractivity contribution < 1.29 is 9.53 Å². The average Bonchev–Trinajstić information content (AvgIpc) is 3.48. The van der Waals surface area contributed by atoms with Gasteiger partial charge in [-0.05, 0) is 31.0 Å². The molecule has 3 aromatic rings. The molecular formula is C22H28N6O2S2. The number of hydrogen-bond acceptors (Lipinski definition) is 7. The maximum Gasteiger partial charge on any atom is 0.314 e. The topological polar surface area (TPSA) is 83.8 Å². The first-order valence-electron chi connectivity index (χ1n) is 10.8. The highest BCUT2D eigenvalue weighted by Gasteiger charge is 2.13. The standard InChI is InChI=1S/C22H28N6O2S2/c1-2-23-20(29)24-8-3-10-28-19(16-32-22(28)26-21-25-9-15-31-21)17-4-6-18(7-5-17)27-11-13-30-14-12-27/h4-7,9,15-16H,2-3,8,10-14H2,1H3,(H2,23,24,29)/b26-22+. The van der Waals surface area contributed by atoms with E-state index in [-0.39, 0.29) is 6.03 Å². The first-order chi connectivity index (χ1) is 15.7. The fraction of sp³-hybridized carbons (Fsp3) is 0.409. The molecule has 32 heavy (non-hydrogen) atoms. The smallest absolute Gasteiger partial charge is 0.314 e. The van der Waals surface area contributed by atoms with Crippen molar-refractivity contribution in [3.8, 4) is 11.3 Å². The van der Waals surface area contributed by atoms with Crippen molar-refractivity contribution in [2.45, 2.75) is 19.9 Å². The Labute approximate surface area is 195 Å². The number of nitrogens with one attached hydrogen (secondary N) is 2. The third-order valence-corrected chi connectivity index (χ3v) is 6.66. The molecule has 2 N–H and O–H groups in total. The Hall–Kier alpha value is -2.69. The number of thiazole rings is 2. The lowest BCUT2D eigenvalue weighted by molar-refractivity contribution is 0.122. The summed E-state index contributed by atoms with van der Waals surface area (Å²) in [6, 6.07) is 8.57. The first kappa shape index (κ1) is 22.5. The second-order valence-electron chi connectivity index (χ2n) is 7.27.